The van der Waals surface area contributed by atoms with Crippen LogP contribution >= 0.6 is 11.6 Å². The smallest absolute Gasteiger partial charge is 0.0186 e. The molecule has 0 radical (unpaired) electrons. The third-order valence-electron chi connectivity index (χ3n) is 1.81. The van der Waals surface area contributed by atoms with Gasteiger partial charge in [0.25, 0.3) is 0 Å². The van der Waals surface area contributed by atoms with Crippen LogP contribution in [0.2, 0.25) is 0 Å². The zero-order valence-corrected chi connectivity index (χ0v) is 6.57. The Labute approximate surface area is 61.2 Å². The summed E-state index contributed by atoms with van der Waals surface area (Å²) in [6.45, 7) is 4.34. The minimum absolute atomic E-state index is 0.641. The lowest BCUT2D eigenvalue weighted by Gasteiger charge is -2.14. The van der Waals surface area contributed by atoms with Gasteiger partial charge in [-0.2, -0.15) is 0 Å². The van der Waals surface area contributed by atoms with Crippen molar-refractivity contribution in [2.24, 2.45) is 5.92 Å². The summed E-state index contributed by atoms with van der Waals surface area (Å²) >= 11 is 5.79. The van der Waals surface area contributed by atoms with Crippen molar-refractivity contribution in [3.05, 3.63) is 22.8 Å². The summed E-state index contributed by atoms with van der Waals surface area (Å²) in [7, 11) is 0. The molecule has 1 rings (SSSR count). The third-order valence-corrected chi connectivity index (χ3v) is 2.09. The van der Waals surface area contributed by atoms with Gasteiger partial charge in [0.1, 0.15) is 0 Å². The Kier molecular flexibility index (Phi) is 1.97. The van der Waals surface area contributed by atoms with Crippen LogP contribution in [0.3, 0.4) is 0 Å². The molecule has 0 N–H and O–H groups in total. The molecule has 0 spiro atoms. The predicted molar refractivity (Wildman–Crippen MR) is 41.5 cm³/mol. The quantitative estimate of drug-likeness (QED) is 0.488. The number of allylic oxidation sites excluding steroid dienone is 4. The molecule has 50 valence electrons. The summed E-state index contributed by atoms with van der Waals surface area (Å²) < 4.78 is 0. The molecule has 0 saturated heterocycles. The summed E-state index contributed by atoms with van der Waals surface area (Å²) in [5, 5.41) is 0.980. The summed E-state index contributed by atoms with van der Waals surface area (Å²) in [5.74, 6) is 0.641. The van der Waals surface area contributed by atoms with Crippen LogP contribution in [0.15, 0.2) is 22.8 Å². The molecule has 1 aliphatic carbocycles. The van der Waals surface area contributed by atoms with Gasteiger partial charge >= 0.3 is 0 Å². The standard InChI is InChI=1S/C8H11Cl/c1-6-3-4-8(9)5-7(6)2/h3-4,7H,5H2,1-2H3/t7-/m1/s1. The van der Waals surface area contributed by atoms with Crippen LogP contribution in [0, 0.1) is 5.92 Å². The zero-order chi connectivity index (χ0) is 6.85. The Bertz CT molecular complexity index is 165. The molecule has 0 nitrogen and oxygen atoms in total. The van der Waals surface area contributed by atoms with Crippen molar-refractivity contribution < 1.29 is 0 Å². The molecule has 9 heavy (non-hydrogen) atoms. The molecule has 1 aliphatic rings. The molecule has 0 aromatic rings. The fraction of sp³-hybridized carbons (Fsp3) is 0.500. The first kappa shape index (κ1) is 6.88. The first-order chi connectivity index (χ1) is 4.20. The van der Waals surface area contributed by atoms with Crippen molar-refractivity contribution in [1.29, 1.82) is 0 Å². The van der Waals surface area contributed by atoms with Gasteiger partial charge in [0.2, 0.25) is 0 Å². The van der Waals surface area contributed by atoms with E-state index in [0.717, 1.165) is 11.5 Å². The normalized spacial score (nSPS) is 27.2. The summed E-state index contributed by atoms with van der Waals surface area (Å²) in [6.07, 6.45) is 5.09. The fourth-order valence-electron chi connectivity index (χ4n) is 0.908. The average molecular weight is 143 g/mol. The van der Waals surface area contributed by atoms with E-state index in [9.17, 15) is 0 Å². The van der Waals surface area contributed by atoms with Crippen molar-refractivity contribution in [1.82, 2.24) is 0 Å². The number of halogens is 1. The molecule has 0 fully saturated rings. The van der Waals surface area contributed by atoms with Gasteiger partial charge in [-0.25, -0.2) is 0 Å². The second kappa shape index (κ2) is 2.57. The molecule has 1 heteroatoms. The lowest BCUT2D eigenvalue weighted by atomic mass is 9.95. The maximum absolute atomic E-state index is 5.79. The SMILES string of the molecule is CC1=CC=C(Cl)C[C@H]1C. The van der Waals surface area contributed by atoms with E-state index in [2.05, 4.69) is 19.9 Å². The predicted octanol–water partition coefficient (Wildman–Crippen LogP) is 3.10. The molecule has 0 amide bonds. The highest BCUT2D eigenvalue weighted by Crippen LogP contribution is 2.25. The van der Waals surface area contributed by atoms with Gasteiger partial charge in [-0.3, -0.25) is 0 Å². The van der Waals surface area contributed by atoms with E-state index in [1.165, 1.54) is 5.57 Å². The van der Waals surface area contributed by atoms with Gasteiger partial charge in [0.15, 0.2) is 0 Å². The Balaban J connectivity index is 2.74. The highest BCUT2D eigenvalue weighted by molar-refractivity contribution is 6.29. The number of hydrogen-bond acceptors (Lipinski definition) is 0. The van der Waals surface area contributed by atoms with Crippen molar-refractivity contribution in [3.8, 4) is 0 Å². The van der Waals surface area contributed by atoms with E-state index < -0.39 is 0 Å². The van der Waals surface area contributed by atoms with Gasteiger partial charge in [-0.05, 0) is 25.3 Å². The van der Waals surface area contributed by atoms with Crippen LogP contribution in [-0.4, -0.2) is 0 Å². The Morgan fingerprint density at radius 3 is 2.67 bits per heavy atom. The molecule has 0 aromatic carbocycles. The summed E-state index contributed by atoms with van der Waals surface area (Å²) in [6, 6.07) is 0. The average Bonchev–Trinajstić information content (AvgIpc) is 1.80. The summed E-state index contributed by atoms with van der Waals surface area (Å²) in [4.78, 5) is 0. The van der Waals surface area contributed by atoms with Crippen molar-refractivity contribution in [3.63, 3.8) is 0 Å². The van der Waals surface area contributed by atoms with E-state index in [0.29, 0.717) is 5.92 Å². The van der Waals surface area contributed by atoms with E-state index in [1.54, 1.807) is 0 Å². The number of hydrogen-bond donors (Lipinski definition) is 0. The highest BCUT2D eigenvalue weighted by Gasteiger charge is 2.08. The second-order valence-electron chi connectivity index (χ2n) is 2.63. The van der Waals surface area contributed by atoms with Crippen LogP contribution in [0.4, 0.5) is 0 Å². The molecular formula is C8H11Cl. The van der Waals surface area contributed by atoms with Crippen LogP contribution in [0.5, 0.6) is 0 Å². The van der Waals surface area contributed by atoms with Crippen LogP contribution < -0.4 is 0 Å². The minimum atomic E-state index is 0.641. The van der Waals surface area contributed by atoms with Crippen LogP contribution in [-0.2, 0) is 0 Å². The Morgan fingerprint density at radius 2 is 2.22 bits per heavy atom. The minimum Gasteiger partial charge on any atom is -0.0891 e. The maximum Gasteiger partial charge on any atom is 0.0186 e. The molecule has 0 bridgehead atoms. The van der Waals surface area contributed by atoms with E-state index >= 15 is 0 Å². The van der Waals surface area contributed by atoms with Crippen molar-refractivity contribution in [2.45, 2.75) is 20.3 Å². The largest absolute Gasteiger partial charge is 0.0891 e. The van der Waals surface area contributed by atoms with Crippen molar-refractivity contribution in [2.75, 3.05) is 0 Å². The van der Waals surface area contributed by atoms with E-state index in [1.807, 2.05) is 6.08 Å². The van der Waals surface area contributed by atoms with Gasteiger partial charge < -0.3 is 0 Å². The van der Waals surface area contributed by atoms with E-state index in [4.69, 9.17) is 11.6 Å². The first-order valence-corrected chi connectivity index (χ1v) is 3.61. The monoisotopic (exact) mass is 142 g/mol. The van der Waals surface area contributed by atoms with Crippen LogP contribution in [0.25, 0.3) is 0 Å². The zero-order valence-electron chi connectivity index (χ0n) is 5.82. The van der Waals surface area contributed by atoms with Gasteiger partial charge in [-0.15, -0.1) is 0 Å². The van der Waals surface area contributed by atoms with Gasteiger partial charge in [0, 0.05) is 5.03 Å². The highest BCUT2D eigenvalue weighted by atomic mass is 35.5. The van der Waals surface area contributed by atoms with Gasteiger partial charge in [0.05, 0.1) is 0 Å². The molecule has 0 saturated carbocycles. The molecule has 0 aliphatic heterocycles. The lowest BCUT2D eigenvalue weighted by molar-refractivity contribution is 0.679. The fourth-order valence-corrected chi connectivity index (χ4v) is 1.20. The second-order valence-corrected chi connectivity index (χ2v) is 3.11. The summed E-state index contributed by atoms with van der Waals surface area (Å²) in [5.41, 5.74) is 1.43. The Hall–Kier alpha value is -0.230. The lowest BCUT2D eigenvalue weighted by Crippen LogP contribution is -1.99. The topological polar surface area (TPSA) is 0 Å². The van der Waals surface area contributed by atoms with Gasteiger partial charge in [-0.1, -0.05) is 30.2 Å². The van der Waals surface area contributed by atoms with Crippen molar-refractivity contribution >= 4 is 11.6 Å². The van der Waals surface area contributed by atoms with Crippen LogP contribution in [0.1, 0.15) is 20.3 Å². The molecule has 0 unspecified atom stereocenters. The molecule has 0 heterocycles. The molecular weight excluding hydrogens is 132 g/mol. The number of rotatable bonds is 0. The maximum atomic E-state index is 5.79. The van der Waals surface area contributed by atoms with E-state index in [-0.39, 0.29) is 0 Å². The first-order valence-electron chi connectivity index (χ1n) is 3.23. The molecule has 0 aromatic heterocycles. The third kappa shape index (κ3) is 1.59. The Morgan fingerprint density at radius 1 is 1.56 bits per heavy atom. The molecule has 1 atom stereocenters.